The maximum atomic E-state index is 10.9. The molecule has 0 N–H and O–H groups in total. The van der Waals surface area contributed by atoms with Gasteiger partial charge < -0.3 is 4.79 Å². The van der Waals surface area contributed by atoms with Crippen molar-refractivity contribution in [1.82, 2.24) is 9.88 Å². The topological polar surface area (TPSA) is 33.0 Å². The molecule has 1 aromatic rings. The van der Waals surface area contributed by atoms with E-state index >= 15 is 0 Å². The normalized spacial score (nSPS) is 26.3. The van der Waals surface area contributed by atoms with Crippen molar-refractivity contribution in [1.29, 1.82) is 0 Å². The van der Waals surface area contributed by atoms with Crippen LogP contribution in [0.1, 0.15) is 25.6 Å². The van der Waals surface area contributed by atoms with Gasteiger partial charge in [-0.25, -0.2) is 0 Å². The molecule has 0 aromatic carbocycles. The molecule has 0 amide bonds. The third kappa shape index (κ3) is 2.07. The van der Waals surface area contributed by atoms with E-state index in [1.54, 1.807) is 6.20 Å². The lowest BCUT2D eigenvalue weighted by Gasteiger charge is -2.16. The first-order valence-electron chi connectivity index (χ1n) is 5.36. The van der Waals surface area contributed by atoms with Crippen LogP contribution >= 0.6 is 0 Å². The van der Waals surface area contributed by atoms with Crippen LogP contribution < -0.4 is 0 Å². The van der Waals surface area contributed by atoms with Crippen molar-refractivity contribution in [2.75, 3.05) is 6.54 Å². The fourth-order valence-electron chi connectivity index (χ4n) is 1.94. The van der Waals surface area contributed by atoms with Gasteiger partial charge in [-0.3, -0.25) is 9.88 Å². The second kappa shape index (κ2) is 4.11. The molecule has 1 aromatic heterocycles. The average molecular weight is 204 g/mol. The lowest BCUT2D eigenvalue weighted by molar-refractivity contribution is -0.112. The van der Waals surface area contributed by atoms with Gasteiger partial charge in [0.2, 0.25) is 0 Å². The molecule has 1 aliphatic rings. The Hall–Kier alpha value is -1.22. The predicted octanol–water partition coefficient (Wildman–Crippen LogP) is 1.66. The molecule has 0 saturated carbocycles. The van der Waals surface area contributed by atoms with E-state index in [1.807, 2.05) is 18.2 Å². The van der Waals surface area contributed by atoms with Crippen molar-refractivity contribution in [2.45, 2.75) is 25.9 Å². The van der Waals surface area contributed by atoms with Crippen LogP contribution in [0.4, 0.5) is 0 Å². The zero-order chi connectivity index (χ0) is 10.8. The smallest absolute Gasteiger partial charge is 0.137 e. The molecule has 1 aliphatic heterocycles. The van der Waals surface area contributed by atoms with Crippen LogP contribution in [0.2, 0.25) is 0 Å². The maximum absolute atomic E-state index is 10.9. The van der Waals surface area contributed by atoms with Crippen LogP contribution in [-0.2, 0) is 4.79 Å². The third-order valence-corrected chi connectivity index (χ3v) is 2.89. The van der Waals surface area contributed by atoms with E-state index in [0.717, 1.165) is 18.5 Å². The number of carbonyl (C=O) groups excluding carboxylic acids is 1. The van der Waals surface area contributed by atoms with Gasteiger partial charge in [0.05, 0.1) is 17.8 Å². The Morgan fingerprint density at radius 1 is 1.53 bits per heavy atom. The summed E-state index contributed by atoms with van der Waals surface area (Å²) in [6.45, 7) is 5.11. The molecule has 0 radical (unpaired) electrons. The molecule has 3 nitrogen and oxygen atoms in total. The number of rotatable bonds is 4. The van der Waals surface area contributed by atoms with E-state index < -0.39 is 0 Å². The first-order valence-corrected chi connectivity index (χ1v) is 5.36. The first-order chi connectivity index (χ1) is 7.24. The van der Waals surface area contributed by atoms with Crippen molar-refractivity contribution in [3.05, 3.63) is 30.1 Å². The Balaban J connectivity index is 2.04. The van der Waals surface area contributed by atoms with Crippen molar-refractivity contribution in [3.63, 3.8) is 0 Å². The highest BCUT2D eigenvalue weighted by atomic mass is 16.1. The van der Waals surface area contributed by atoms with Crippen molar-refractivity contribution in [2.24, 2.45) is 5.92 Å². The largest absolute Gasteiger partial charge is 0.302 e. The van der Waals surface area contributed by atoms with Crippen LogP contribution in [0, 0.1) is 5.92 Å². The summed E-state index contributed by atoms with van der Waals surface area (Å²) in [6, 6.07) is 6.31. The Morgan fingerprint density at radius 2 is 2.33 bits per heavy atom. The summed E-state index contributed by atoms with van der Waals surface area (Å²) in [7, 11) is 0. The number of carbonyl (C=O) groups is 1. The summed E-state index contributed by atoms with van der Waals surface area (Å²) in [6.07, 6.45) is 2.85. The zero-order valence-corrected chi connectivity index (χ0v) is 9.13. The van der Waals surface area contributed by atoms with E-state index in [-0.39, 0.29) is 6.04 Å². The number of hydrogen-bond acceptors (Lipinski definition) is 3. The molecule has 1 saturated heterocycles. The van der Waals surface area contributed by atoms with E-state index in [2.05, 4.69) is 23.7 Å². The van der Waals surface area contributed by atoms with Gasteiger partial charge in [0.15, 0.2) is 0 Å². The third-order valence-electron chi connectivity index (χ3n) is 2.89. The molecule has 1 unspecified atom stereocenters. The van der Waals surface area contributed by atoms with Gasteiger partial charge in [0.1, 0.15) is 6.29 Å². The SMILES string of the molecule is CC(C)[C@@H](C=O)N1C[C@H]1c1ccccn1. The standard InChI is InChI=1S/C12H16N2O/c1-9(2)12(8-15)14-7-11(14)10-5-3-4-6-13-10/h3-6,8-9,11-12H,7H2,1-2H3/t11-,12+,14?/m0/s1. The fraction of sp³-hybridized carbons (Fsp3) is 0.500. The van der Waals surface area contributed by atoms with E-state index in [1.165, 1.54) is 0 Å². The first kappa shape index (κ1) is 10.3. The molecular weight excluding hydrogens is 188 g/mol. The number of pyridine rings is 1. The van der Waals surface area contributed by atoms with Crippen molar-refractivity contribution < 1.29 is 4.79 Å². The van der Waals surface area contributed by atoms with Crippen LogP contribution in [0.25, 0.3) is 0 Å². The van der Waals surface area contributed by atoms with Crippen molar-refractivity contribution in [3.8, 4) is 0 Å². The molecule has 3 atom stereocenters. The Morgan fingerprint density at radius 3 is 2.87 bits per heavy atom. The molecule has 3 heteroatoms. The minimum Gasteiger partial charge on any atom is -0.302 e. The van der Waals surface area contributed by atoms with Crippen LogP contribution in [0.15, 0.2) is 24.4 Å². The summed E-state index contributed by atoms with van der Waals surface area (Å²) >= 11 is 0. The molecule has 0 bridgehead atoms. The lowest BCUT2D eigenvalue weighted by Crippen LogP contribution is -2.27. The molecule has 80 valence electrons. The van der Waals surface area contributed by atoms with Crippen LogP contribution in [0.5, 0.6) is 0 Å². The highest BCUT2D eigenvalue weighted by Gasteiger charge is 2.42. The number of hydrogen-bond donors (Lipinski definition) is 0. The number of nitrogens with zero attached hydrogens (tertiary/aromatic N) is 2. The van der Waals surface area contributed by atoms with Gasteiger partial charge in [0, 0.05) is 12.7 Å². The lowest BCUT2D eigenvalue weighted by atomic mass is 10.1. The summed E-state index contributed by atoms with van der Waals surface area (Å²) in [5, 5.41) is 0. The minimum atomic E-state index is 0.0389. The minimum absolute atomic E-state index is 0.0389. The molecule has 2 heterocycles. The Bertz CT molecular complexity index is 337. The van der Waals surface area contributed by atoms with Crippen LogP contribution in [-0.4, -0.2) is 28.8 Å². The summed E-state index contributed by atoms with van der Waals surface area (Å²) < 4.78 is 0. The monoisotopic (exact) mass is 204 g/mol. The quantitative estimate of drug-likeness (QED) is 0.552. The fourth-order valence-corrected chi connectivity index (χ4v) is 1.94. The molecule has 0 spiro atoms. The molecular formula is C12H16N2O. The molecule has 2 rings (SSSR count). The highest BCUT2D eigenvalue weighted by molar-refractivity contribution is 5.59. The maximum Gasteiger partial charge on any atom is 0.137 e. The second-order valence-corrected chi connectivity index (χ2v) is 4.34. The number of aromatic nitrogens is 1. The van der Waals surface area contributed by atoms with E-state index in [0.29, 0.717) is 12.0 Å². The molecule has 1 fully saturated rings. The van der Waals surface area contributed by atoms with Gasteiger partial charge >= 0.3 is 0 Å². The van der Waals surface area contributed by atoms with Crippen molar-refractivity contribution >= 4 is 6.29 Å². The van der Waals surface area contributed by atoms with Gasteiger partial charge in [-0.2, -0.15) is 0 Å². The second-order valence-electron chi connectivity index (χ2n) is 4.34. The van der Waals surface area contributed by atoms with Gasteiger partial charge in [-0.1, -0.05) is 19.9 Å². The summed E-state index contributed by atoms with van der Waals surface area (Å²) in [5.74, 6) is 0.371. The highest BCUT2D eigenvalue weighted by Crippen LogP contribution is 2.36. The van der Waals surface area contributed by atoms with Crippen LogP contribution in [0.3, 0.4) is 0 Å². The Kier molecular flexibility index (Phi) is 2.82. The van der Waals surface area contributed by atoms with Gasteiger partial charge in [-0.15, -0.1) is 0 Å². The van der Waals surface area contributed by atoms with E-state index in [9.17, 15) is 4.79 Å². The Labute approximate surface area is 90.1 Å². The summed E-state index contributed by atoms with van der Waals surface area (Å²) in [5.41, 5.74) is 1.07. The zero-order valence-electron chi connectivity index (χ0n) is 9.13. The molecule has 15 heavy (non-hydrogen) atoms. The summed E-state index contributed by atoms with van der Waals surface area (Å²) in [4.78, 5) is 17.4. The molecule has 0 aliphatic carbocycles. The van der Waals surface area contributed by atoms with Gasteiger partial charge in [0.25, 0.3) is 0 Å². The predicted molar refractivity (Wildman–Crippen MR) is 58.4 cm³/mol. The van der Waals surface area contributed by atoms with E-state index in [4.69, 9.17) is 0 Å². The van der Waals surface area contributed by atoms with Gasteiger partial charge in [-0.05, 0) is 18.1 Å². The average Bonchev–Trinajstić information content (AvgIpc) is 3.00. The number of aldehydes is 1.